The summed E-state index contributed by atoms with van der Waals surface area (Å²) < 4.78 is 76.8. The van der Waals surface area contributed by atoms with E-state index in [1.807, 2.05) is 6.07 Å². The van der Waals surface area contributed by atoms with Crippen molar-refractivity contribution < 1.29 is 46.2 Å². The minimum absolute atomic E-state index is 0.103. The highest BCUT2D eigenvalue weighted by Crippen LogP contribution is 2.43. The van der Waals surface area contributed by atoms with Crippen LogP contribution in [0.2, 0.25) is 0 Å². The van der Waals surface area contributed by atoms with E-state index in [-0.39, 0.29) is 13.0 Å². The van der Waals surface area contributed by atoms with E-state index in [0.29, 0.717) is 4.90 Å². The number of carbonyl (C=O) groups is 2. The largest absolute Gasteiger partial charge is 0.479 e. The molecular formula is C24H25F5N2O5. The zero-order valence-corrected chi connectivity index (χ0v) is 19.7. The Morgan fingerprint density at radius 3 is 2.11 bits per heavy atom. The molecule has 196 valence electrons. The van der Waals surface area contributed by atoms with Crippen molar-refractivity contribution in [3.63, 3.8) is 0 Å². The number of halogens is 5. The van der Waals surface area contributed by atoms with Gasteiger partial charge in [0.2, 0.25) is 5.82 Å². The third-order valence-electron chi connectivity index (χ3n) is 5.64. The van der Waals surface area contributed by atoms with Gasteiger partial charge in [0.25, 0.3) is 0 Å². The van der Waals surface area contributed by atoms with Crippen LogP contribution < -0.4 is 5.48 Å². The second kappa shape index (κ2) is 10.4. The number of carbonyl (C=O) groups excluding carboxylic acids is 1. The van der Waals surface area contributed by atoms with Crippen molar-refractivity contribution in [1.29, 1.82) is 0 Å². The molecule has 12 heteroatoms. The van der Waals surface area contributed by atoms with Gasteiger partial charge in [-0.3, -0.25) is 9.74 Å². The molecule has 2 N–H and O–H groups in total. The third kappa shape index (κ3) is 5.29. The average Bonchev–Trinajstić information content (AvgIpc) is 2.81. The lowest BCUT2D eigenvalue weighted by Gasteiger charge is -2.46. The zero-order chi connectivity index (χ0) is 26.8. The van der Waals surface area contributed by atoms with Crippen molar-refractivity contribution in [3.05, 3.63) is 70.5 Å². The lowest BCUT2D eigenvalue weighted by atomic mass is 9.78. The van der Waals surface area contributed by atoms with Gasteiger partial charge in [0.05, 0.1) is 18.2 Å². The van der Waals surface area contributed by atoms with Crippen LogP contribution in [-0.2, 0) is 26.5 Å². The SMILES string of the molecule is CC(C)(C)OC(=O)N1C[C@H](NOCc2ccccc2)CC[C@@]1(C(=O)O)c1c(F)c(F)c(F)c(F)c1F. The number of amides is 1. The van der Waals surface area contributed by atoms with Gasteiger partial charge >= 0.3 is 12.1 Å². The molecule has 2 atom stereocenters. The highest BCUT2D eigenvalue weighted by Gasteiger charge is 2.57. The number of ether oxygens (including phenoxy) is 1. The normalized spacial score (nSPS) is 20.3. The molecule has 1 amide bonds. The van der Waals surface area contributed by atoms with E-state index >= 15 is 0 Å². The molecule has 2 aromatic rings. The summed E-state index contributed by atoms with van der Waals surface area (Å²) in [6, 6.07) is 8.20. The molecule has 1 fully saturated rings. The molecule has 2 aromatic carbocycles. The summed E-state index contributed by atoms with van der Waals surface area (Å²) in [7, 11) is 0. The van der Waals surface area contributed by atoms with Crippen LogP contribution in [0, 0.1) is 29.1 Å². The summed E-state index contributed by atoms with van der Waals surface area (Å²) in [6.07, 6.45) is -2.17. The predicted molar refractivity (Wildman–Crippen MR) is 116 cm³/mol. The number of carboxylic acid groups (broad SMARTS) is 1. The Kier molecular flexibility index (Phi) is 7.89. The van der Waals surface area contributed by atoms with Gasteiger partial charge < -0.3 is 9.84 Å². The van der Waals surface area contributed by atoms with Gasteiger partial charge in [0.1, 0.15) is 5.60 Å². The molecule has 3 rings (SSSR count). The highest BCUT2D eigenvalue weighted by molar-refractivity contribution is 5.86. The number of hydroxylamine groups is 1. The topological polar surface area (TPSA) is 88.1 Å². The van der Waals surface area contributed by atoms with E-state index in [4.69, 9.17) is 9.57 Å². The van der Waals surface area contributed by atoms with Gasteiger partial charge in [-0.15, -0.1) is 0 Å². The number of hydrogen-bond acceptors (Lipinski definition) is 5. The molecule has 7 nitrogen and oxygen atoms in total. The standard InChI is InChI=1S/C24H25F5N2O5/c1-23(2,3)36-22(34)31-11-14(30-35-12-13-7-5-4-6-8-13)9-10-24(31,21(32)33)15-16(25)18(27)20(29)19(28)17(15)26/h4-8,14,30H,9-12H2,1-3H3,(H,32,33)/t14-,24+/m1/s1. The van der Waals surface area contributed by atoms with Crippen LogP contribution in [-0.4, -0.2) is 40.3 Å². The van der Waals surface area contributed by atoms with Crippen LogP contribution in [0.3, 0.4) is 0 Å². The van der Waals surface area contributed by atoms with E-state index in [2.05, 4.69) is 5.48 Å². The number of likely N-dealkylation sites (tertiary alicyclic amines) is 1. The van der Waals surface area contributed by atoms with Crippen LogP contribution in [0.1, 0.15) is 44.7 Å². The molecule has 0 radical (unpaired) electrons. The van der Waals surface area contributed by atoms with Crippen molar-refractivity contribution in [1.82, 2.24) is 10.4 Å². The number of piperidine rings is 1. The highest BCUT2D eigenvalue weighted by atomic mass is 19.2. The Labute approximate surface area is 203 Å². The number of rotatable bonds is 6. The Morgan fingerprint density at radius 2 is 1.58 bits per heavy atom. The number of carboxylic acids is 1. The third-order valence-corrected chi connectivity index (χ3v) is 5.64. The van der Waals surface area contributed by atoms with Crippen molar-refractivity contribution in [2.24, 2.45) is 0 Å². The van der Waals surface area contributed by atoms with Crippen LogP contribution in [0.4, 0.5) is 26.7 Å². The lowest BCUT2D eigenvalue weighted by Crippen LogP contribution is -2.63. The monoisotopic (exact) mass is 516 g/mol. The molecule has 0 bridgehead atoms. The summed E-state index contributed by atoms with van der Waals surface area (Å²) in [6.45, 7) is 3.97. The molecule has 1 aliphatic rings. The lowest BCUT2D eigenvalue weighted by molar-refractivity contribution is -0.157. The van der Waals surface area contributed by atoms with Crippen molar-refractivity contribution in [3.8, 4) is 0 Å². The van der Waals surface area contributed by atoms with Crippen LogP contribution in [0.25, 0.3) is 0 Å². The first kappa shape index (κ1) is 27.3. The Balaban J connectivity index is 2.02. The van der Waals surface area contributed by atoms with E-state index < -0.39 is 76.9 Å². The first-order valence-corrected chi connectivity index (χ1v) is 11.0. The summed E-state index contributed by atoms with van der Waals surface area (Å²) >= 11 is 0. The number of aliphatic carboxylic acids is 1. The first-order valence-electron chi connectivity index (χ1n) is 11.0. The molecule has 0 aliphatic carbocycles. The Hall–Kier alpha value is -3.25. The molecule has 0 unspecified atom stereocenters. The first-order chi connectivity index (χ1) is 16.8. The second-order valence-electron chi connectivity index (χ2n) is 9.33. The quantitative estimate of drug-likeness (QED) is 0.249. The average molecular weight is 516 g/mol. The summed E-state index contributed by atoms with van der Waals surface area (Å²) in [4.78, 5) is 31.5. The predicted octanol–water partition coefficient (Wildman–Crippen LogP) is 4.78. The van der Waals surface area contributed by atoms with Crippen molar-refractivity contribution in [2.45, 2.75) is 57.4 Å². The Morgan fingerprint density at radius 1 is 1.03 bits per heavy atom. The molecule has 36 heavy (non-hydrogen) atoms. The van der Waals surface area contributed by atoms with Crippen LogP contribution in [0.15, 0.2) is 30.3 Å². The van der Waals surface area contributed by atoms with E-state index in [0.717, 1.165) is 5.56 Å². The maximum atomic E-state index is 14.9. The van der Waals surface area contributed by atoms with Gasteiger partial charge in [-0.1, -0.05) is 30.3 Å². The molecule has 0 aromatic heterocycles. The second-order valence-corrected chi connectivity index (χ2v) is 9.33. The fourth-order valence-electron chi connectivity index (χ4n) is 4.00. The zero-order valence-electron chi connectivity index (χ0n) is 19.7. The number of nitrogens with zero attached hydrogens (tertiary/aromatic N) is 1. The smallest absolute Gasteiger partial charge is 0.411 e. The molecular weight excluding hydrogens is 491 g/mol. The van der Waals surface area contributed by atoms with Crippen LogP contribution in [0.5, 0.6) is 0 Å². The minimum Gasteiger partial charge on any atom is -0.479 e. The molecule has 1 aliphatic heterocycles. The summed E-state index contributed by atoms with van der Waals surface area (Å²) in [5, 5.41) is 10.1. The van der Waals surface area contributed by atoms with E-state index in [1.165, 1.54) is 20.8 Å². The van der Waals surface area contributed by atoms with Crippen molar-refractivity contribution >= 4 is 12.1 Å². The minimum atomic E-state index is -2.94. The van der Waals surface area contributed by atoms with E-state index in [9.17, 15) is 36.6 Å². The van der Waals surface area contributed by atoms with Gasteiger partial charge in [-0.2, -0.15) is 5.48 Å². The van der Waals surface area contributed by atoms with Gasteiger partial charge in [-0.05, 0) is 39.2 Å². The summed E-state index contributed by atoms with van der Waals surface area (Å²) in [5.41, 5.74) is -2.28. The molecule has 0 spiro atoms. The maximum absolute atomic E-state index is 14.9. The summed E-state index contributed by atoms with van der Waals surface area (Å²) in [5.74, 6) is -13.7. The van der Waals surface area contributed by atoms with Gasteiger partial charge in [0, 0.05) is 6.54 Å². The molecule has 1 heterocycles. The number of benzene rings is 2. The van der Waals surface area contributed by atoms with Gasteiger partial charge in [0.15, 0.2) is 28.8 Å². The number of hydrogen-bond donors (Lipinski definition) is 2. The maximum Gasteiger partial charge on any atom is 0.411 e. The van der Waals surface area contributed by atoms with Gasteiger partial charge in [-0.25, -0.2) is 31.5 Å². The number of nitrogens with one attached hydrogen (secondary N) is 1. The molecule has 0 saturated carbocycles. The Bertz CT molecular complexity index is 1110. The van der Waals surface area contributed by atoms with Crippen molar-refractivity contribution in [2.75, 3.05) is 6.54 Å². The van der Waals surface area contributed by atoms with E-state index in [1.54, 1.807) is 24.3 Å². The fourth-order valence-corrected chi connectivity index (χ4v) is 4.00. The fraction of sp³-hybridized carbons (Fsp3) is 0.417. The van der Waals surface area contributed by atoms with Crippen LogP contribution >= 0.6 is 0 Å². The molecule has 1 saturated heterocycles.